The van der Waals surface area contributed by atoms with Crippen LogP contribution < -0.4 is 26.0 Å². The molecular formula is C34H59N5O7S2. The van der Waals surface area contributed by atoms with Crippen molar-refractivity contribution < 1.29 is 32.7 Å². The smallest absolute Gasteiger partial charge is 0.243 e. The first-order valence-corrected chi connectivity index (χ1v) is 20.0. The molecule has 0 bridgehead atoms. The van der Waals surface area contributed by atoms with Crippen molar-refractivity contribution in [2.24, 2.45) is 23.7 Å². The van der Waals surface area contributed by atoms with Gasteiger partial charge in [0, 0.05) is 12.5 Å². The van der Waals surface area contributed by atoms with Crippen molar-refractivity contribution in [2.45, 2.75) is 111 Å². The van der Waals surface area contributed by atoms with Crippen LogP contribution in [-0.4, -0.2) is 85.7 Å². The third kappa shape index (κ3) is 17.1. The van der Waals surface area contributed by atoms with Gasteiger partial charge in [-0.15, -0.1) is 0 Å². The Labute approximate surface area is 292 Å². The lowest BCUT2D eigenvalue weighted by molar-refractivity contribution is -0.133. The van der Waals surface area contributed by atoms with Crippen LogP contribution in [0.1, 0.15) is 79.7 Å². The van der Waals surface area contributed by atoms with E-state index in [1.54, 1.807) is 6.92 Å². The molecule has 14 heteroatoms. The molecule has 0 aliphatic rings. The van der Waals surface area contributed by atoms with Gasteiger partial charge in [-0.1, -0.05) is 78.8 Å². The number of hydrogen-bond acceptors (Lipinski definition) is 8. The summed E-state index contributed by atoms with van der Waals surface area (Å²) in [7, 11) is -3.68. The first-order valence-electron chi connectivity index (χ1n) is 16.7. The van der Waals surface area contributed by atoms with E-state index >= 15 is 0 Å². The van der Waals surface area contributed by atoms with E-state index in [1.807, 2.05) is 78.1 Å². The molecular weight excluding hydrogens is 655 g/mol. The molecule has 0 aliphatic carbocycles. The lowest BCUT2D eigenvalue weighted by Gasteiger charge is -2.30. The highest BCUT2D eigenvalue weighted by Crippen LogP contribution is 2.17. The lowest BCUT2D eigenvalue weighted by atomic mass is 9.91. The Kier molecular flexibility index (Phi) is 19.3. The van der Waals surface area contributed by atoms with E-state index in [2.05, 4.69) is 26.0 Å². The van der Waals surface area contributed by atoms with Crippen molar-refractivity contribution in [2.75, 3.05) is 18.3 Å². The van der Waals surface area contributed by atoms with E-state index in [0.717, 1.165) is 11.8 Å². The van der Waals surface area contributed by atoms with Gasteiger partial charge in [0.1, 0.15) is 18.1 Å². The monoisotopic (exact) mass is 713 g/mol. The highest BCUT2D eigenvalue weighted by molar-refractivity contribution is 7.98. The Morgan fingerprint density at radius 3 is 1.88 bits per heavy atom. The Bertz CT molecular complexity index is 1260. The van der Waals surface area contributed by atoms with E-state index < -0.39 is 63.9 Å². The third-order valence-electron chi connectivity index (χ3n) is 7.74. The number of sulfonamides is 1. The largest absolute Gasteiger partial charge is 0.391 e. The number of benzene rings is 1. The maximum absolute atomic E-state index is 13.6. The van der Waals surface area contributed by atoms with Crippen LogP contribution in [0.25, 0.3) is 0 Å². The predicted molar refractivity (Wildman–Crippen MR) is 192 cm³/mol. The highest BCUT2D eigenvalue weighted by atomic mass is 32.2. The zero-order chi connectivity index (χ0) is 36.6. The minimum absolute atomic E-state index is 0.0118. The number of hydrogen-bond donors (Lipinski definition) is 6. The quantitative estimate of drug-likeness (QED) is 0.106. The number of aliphatic hydroxyl groups excluding tert-OH is 1. The van der Waals surface area contributed by atoms with Crippen molar-refractivity contribution in [3.05, 3.63) is 35.9 Å². The summed E-state index contributed by atoms with van der Waals surface area (Å²) in [4.78, 5) is 53.0. The molecule has 0 aromatic heterocycles. The summed E-state index contributed by atoms with van der Waals surface area (Å²) < 4.78 is 26.2. The minimum atomic E-state index is -3.68. The molecule has 0 radical (unpaired) electrons. The number of rotatable bonds is 22. The van der Waals surface area contributed by atoms with Crippen molar-refractivity contribution in [1.29, 1.82) is 0 Å². The number of aliphatic hydroxyl groups is 1. The second-order valence-electron chi connectivity index (χ2n) is 13.8. The Morgan fingerprint density at radius 1 is 0.771 bits per heavy atom. The second kappa shape index (κ2) is 21.4. The number of amides is 4. The van der Waals surface area contributed by atoms with Crippen LogP contribution in [0.15, 0.2) is 30.3 Å². The molecule has 0 saturated heterocycles. The van der Waals surface area contributed by atoms with Gasteiger partial charge in [0.05, 0.1) is 18.4 Å². The molecule has 0 spiro atoms. The second-order valence-corrected chi connectivity index (χ2v) is 16.6. The molecule has 4 amide bonds. The molecule has 6 N–H and O–H groups in total. The zero-order valence-corrected chi connectivity index (χ0v) is 31.7. The first kappa shape index (κ1) is 43.3. The van der Waals surface area contributed by atoms with Gasteiger partial charge in [-0.25, -0.2) is 13.1 Å². The average molecular weight is 714 g/mol. The van der Waals surface area contributed by atoms with Crippen molar-refractivity contribution in [3.8, 4) is 0 Å². The predicted octanol–water partition coefficient (Wildman–Crippen LogP) is 2.56. The van der Waals surface area contributed by atoms with Gasteiger partial charge < -0.3 is 26.4 Å². The summed E-state index contributed by atoms with van der Waals surface area (Å²) in [6.45, 7) is 13.3. The molecule has 1 rings (SSSR count). The summed E-state index contributed by atoms with van der Waals surface area (Å²) in [5.74, 6) is -2.02. The van der Waals surface area contributed by atoms with Crippen LogP contribution in [0.2, 0.25) is 0 Å². The molecule has 0 unspecified atom stereocenters. The van der Waals surface area contributed by atoms with E-state index in [1.165, 1.54) is 11.8 Å². The SMILES string of the molecule is CSCC[C@H](NC(=O)[C@H](CC(C)C)NS(C)(=O)=O)C(=O)N[C@@H](CC(C)C)[C@@H](O)C[C@@H](C)C(=O)N[C@H](C(=O)NCc1ccccc1)C(C)C. The van der Waals surface area contributed by atoms with Gasteiger partial charge in [-0.05, 0) is 61.0 Å². The highest BCUT2D eigenvalue weighted by Gasteiger charge is 2.33. The summed E-state index contributed by atoms with van der Waals surface area (Å²) in [6, 6.07) is 5.95. The Hall–Kier alpha value is -2.68. The van der Waals surface area contributed by atoms with Crippen LogP contribution in [-0.2, 0) is 35.7 Å². The number of nitrogens with one attached hydrogen (secondary N) is 5. The normalized spacial score (nSPS) is 15.7. The van der Waals surface area contributed by atoms with E-state index in [0.29, 0.717) is 18.7 Å². The molecule has 1 aromatic rings. The third-order valence-corrected chi connectivity index (χ3v) is 9.10. The van der Waals surface area contributed by atoms with Crippen LogP contribution in [0.4, 0.5) is 0 Å². The van der Waals surface area contributed by atoms with Crippen molar-refractivity contribution >= 4 is 45.4 Å². The van der Waals surface area contributed by atoms with Gasteiger partial charge in [-0.3, -0.25) is 19.2 Å². The number of thioether (sulfide) groups is 1. The molecule has 48 heavy (non-hydrogen) atoms. The van der Waals surface area contributed by atoms with Crippen LogP contribution >= 0.6 is 11.8 Å². The van der Waals surface area contributed by atoms with E-state index in [9.17, 15) is 32.7 Å². The fourth-order valence-corrected chi connectivity index (χ4v) is 6.37. The molecule has 12 nitrogen and oxygen atoms in total. The van der Waals surface area contributed by atoms with E-state index in [4.69, 9.17) is 0 Å². The zero-order valence-electron chi connectivity index (χ0n) is 30.0. The molecule has 0 saturated carbocycles. The van der Waals surface area contributed by atoms with Gasteiger partial charge in [0.25, 0.3) is 0 Å². The standard InChI is InChI=1S/C34H59N5O7S2/c1-21(2)17-27(37-32(42)26(15-16-47-8)36-33(43)28(18-22(3)4)39-48(9,45)46)29(40)19-24(7)31(41)38-30(23(5)6)34(44)35-20-25-13-11-10-12-14-25/h10-14,21-24,26-30,39-40H,15-20H2,1-9H3,(H,35,44)(H,36,43)(H,37,42)(H,38,41)/t24-,26+,27+,28+,29+,30+/m1/s1. The average Bonchev–Trinajstić information content (AvgIpc) is 2.98. The molecule has 6 atom stereocenters. The fraction of sp³-hybridized carbons (Fsp3) is 0.706. The van der Waals surface area contributed by atoms with Crippen LogP contribution in [0.3, 0.4) is 0 Å². The first-order chi connectivity index (χ1) is 22.3. The maximum Gasteiger partial charge on any atom is 0.243 e. The van der Waals surface area contributed by atoms with Crippen molar-refractivity contribution in [1.82, 2.24) is 26.0 Å². The fourth-order valence-electron chi connectivity index (χ4n) is 5.18. The molecule has 0 heterocycles. The lowest BCUT2D eigenvalue weighted by Crippen LogP contribution is -2.57. The maximum atomic E-state index is 13.6. The number of carbonyl (C=O) groups is 4. The van der Waals surface area contributed by atoms with Gasteiger partial charge >= 0.3 is 0 Å². The summed E-state index contributed by atoms with van der Waals surface area (Å²) in [5, 5.41) is 22.6. The van der Waals surface area contributed by atoms with Gasteiger partial charge in [0.15, 0.2) is 0 Å². The van der Waals surface area contributed by atoms with E-state index in [-0.39, 0.29) is 42.9 Å². The molecule has 1 aromatic carbocycles. The van der Waals surface area contributed by atoms with Gasteiger partial charge in [0.2, 0.25) is 33.7 Å². The van der Waals surface area contributed by atoms with Crippen LogP contribution in [0, 0.1) is 23.7 Å². The van der Waals surface area contributed by atoms with Crippen LogP contribution in [0.5, 0.6) is 0 Å². The molecule has 0 fully saturated rings. The summed E-state index contributed by atoms with van der Waals surface area (Å²) in [6.07, 6.45) is 2.73. The Morgan fingerprint density at radius 2 is 1.35 bits per heavy atom. The minimum Gasteiger partial charge on any atom is -0.391 e. The molecule has 274 valence electrons. The van der Waals surface area contributed by atoms with Gasteiger partial charge in [-0.2, -0.15) is 11.8 Å². The Balaban J connectivity index is 3.01. The van der Waals surface area contributed by atoms with Crippen molar-refractivity contribution in [3.63, 3.8) is 0 Å². The molecule has 0 aliphatic heterocycles. The summed E-state index contributed by atoms with van der Waals surface area (Å²) in [5.41, 5.74) is 0.936. The summed E-state index contributed by atoms with van der Waals surface area (Å²) >= 11 is 1.50. The number of carbonyl (C=O) groups excluding carboxylic acids is 4. The topological polar surface area (TPSA) is 183 Å².